The Kier molecular flexibility index (Phi) is 3.08. The topological polar surface area (TPSA) is 124 Å². The van der Waals surface area contributed by atoms with E-state index in [0.717, 1.165) is 17.1 Å². The van der Waals surface area contributed by atoms with Crippen LogP contribution in [0.2, 0.25) is 0 Å². The van der Waals surface area contributed by atoms with Gasteiger partial charge in [-0.2, -0.15) is 18.5 Å². The molecule has 0 fully saturated rings. The number of anilines is 1. The molecule has 2 N–H and O–H groups in total. The summed E-state index contributed by atoms with van der Waals surface area (Å²) in [6, 6.07) is 4.67. The van der Waals surface area contributed by atoms with Gasteiger partial charge in [0.05, 0.1) is 17.0 Å². The number of carbonyl (C=O) groups is 2. The first-order valence-electron chi connectivity index (χ1n) is 5.00. The lowest BCUT2D eigenvalue weighted by Gasteiger charge is -2.11. The largest absolute Gasteiger partial charge is 0.477 e. The Hall–Kier alpha value is -2.26. The number of carboxylic acids is 1. The quantitative estimate of drug-likeness (QED) is 0.759. The number of hydrazone groups is 1. The van der Waals surface area contributed by atoms with Gasteiger partial charge in [0.15, 0.2) is 5.71 Å². The predicted octanol–water partition coefficient (Wildman–Crippen LogP) is 0.111. The molecule has 1 aliphatic heterocycles. The van der Waals surface area contributed by atoms with E-state index in [1.165, 1.54) is 12.1 Å². The summed E-state index contributed by atoms with van der Waals surface area (Å²) in [4.78, 5) is 21.9. The molecule has 0 saturated heterocycles. The molecule has 2 rings (SSSR count). The molecule has 0 atom stereocenters. The van der Waals surface area contributed by atoms with Crippen LogP contribution in [0.1, 0.15) is 6.42 Å². The van der Waals surface area contributed by atoms with Crippen molar-refractivity contribution in [1.82, 2.24) is 0 Å². The fraction of sp³-hybridized carbons (Fsp3) is 0.100. The molecule has 100 valence electrons. The second-order valence-electron chi connectivity index (χ2n) is 3.70. The molecule has 1 aromatic rings. The lowest BCUT2D eigenvalue weighted by Crippen LogP contribution is -2.19. The maximum atomic E-state index is 11.6. The summed E-state index contributed by atoms with van der Waals surface area (Å²) in [6.07, 6.45) is -0.324. The van der Waals surface area contributed by atoms with E-state index in [2.05, 4.69) is 5.10 Å². The molecule has 8 nitrogen and oxygen atoms in total. The second-order valence-corrected chi connectivity index (χ2v) is 5.12. The molecule has 1 amide bonds. The Morgan fingerprint density at radius 3 is 2.26 bits per heavy atom. The molecule has 1 heterocycles. The maximum absolute atomic E-state index is 11.6. The van der Waals surface area contributed by atoms with Crippen molar-refractivity contribution < 1.29 is 27.7 Å². The van der Waals surface area contributed by atoms with Crippen molar-refractivity contribution in [3.8, 4) is 0 Å². The van der Waals surface area contributed by atoms with Gasteiger partial charge >= 0.3 is 5.97 Å². The van der Waals surface area contributed by atoms with Crippen LogP contribution < -0.4 is 5.01 Å². The molecule has 19 heavy (non-hydrogen) atoms. The van der Waals surface area contributed by atoms with Crippen molar-refractivity contribution in [3.05, 3.63) is 24.3 Å². The molecule has 9 heteroatoms. The van der Waals surface area contributed by atoms with Crippen LogP contribution in [0.25, 0.3) is 0 Å². The van der Waals surface area contributed by atoms with Crippen LogP contribution in [0.15, 0.2) is 34.3 Å². The van der Waals surface area contributed by atoms with E-state index in [0.29, 0.717) is 0 Å². The normalized spacial score (nSPS) is 15.5. The summed E-state index contributed by atoms with van der Waals surface area (Å²) in [5, 5.41) is 13.2. The van der Waals surface area contributed by atoms with Crippen molar-refractivity contribution in [2.24, 2.45) is 5.10 Å². The number of rotatable bonds is 3. The van der Waals surface area contributed by atoms with E-state index in [-0.39, 0.29) is 22.7 Å². The summed E-state index contributed by atoms with van der Waals surface area (Å²) < 4.78 is 30.5. The molecule has 0 radical (unpaired) electrons. The van der Waals surface area contributed by atoms with Gasteiger partial charge in [0, 0.05) is 0 Å². The summed E-state index contributed by atoms with van der Waals surface area (Å²) >= 11 is 0. The van der Waals surface area contributed by atoms with Gasteiger partial charge in [-0.1, -0.05) is 0 Å². The Morgan fingerprint density at radius 2 is 1.84 bits per heavy atom. The van der Waals surface area contributed by atoms with Gasteiger partial charge in [-0.25, -0.2) is 4.79 Å². The van der Waals surface area contributed by atoms with Gasteiger partial charge in [-0.05, 0) is 24.3 Å². The standard InChI is InChI=1S/C10H8N2O6S/c13-9-5-8(10(14)15)11-12(9)6-1-3-7(4-2-6)19(16,17)18/h1-4H,5H2,(H,14,15)(H,16,17,18). The number of benzene rings is 1. The van der Waals surface area contributed by atoms with Crippen LogP contribution in [0, 0.1) is 0 Å². The van der Waals surface area contributed by atoms with Crippen molar-refractivity contribution in [3.63, 3.8) is 0 Å². The van der Waals surface area contributed by atoms with Gasteiger partial charge in [0.1, 0.15) is 0 Å². The molecular weight excluding hydrogens is 276 g/mol. The molecule has 0 aliphatic carbocycles. The van der Waals surface area contributed by atoms with Gasteiger partial charge in [-0.3, -0.25) is 9.35 Å². The first kappa shape index (κ1) is 13.2. The van der Waals surface area contributed by atoms with E-state index in [4.69, 9.17) is 9.66 Å². The van der Waals surface area contributed by atoms with Crippen molar-refractivity contribution in [1.29, 1.82) is 0 Å². The Balaban J connectivity index is 2.34. The third-order valence-electron chi connectivity index (χ3n) is 2.40. The molecule has 0 aromatic heterocycles. The number of carbonyl (C=O) groups excluding carboxylic acids is 1. The lowest BCUT2D eigenvalue weighted by atomic mass is 10.2. The number of nitrogens with zero attached hydrogens (tertiary/aromatic N) is 2. The predicted molar refractivity (Wildman–Crippen MR) is 63.4 cm³/mol. The van der Waals surface area contributed by atoms with Crippen LogP contribution in [0.3, 0.4) is 0 Å². The van der Waals surface area contributed by atoms with E-state index in [1.807, 2.05) is 0 Å². The summed E-state index contributed by atoms with van der Waals surface area (Å²) in [6.45, 7) is 0. The SMILES string of the molecule is O=C(O)C1=NN(c2ccc(S(=O)(=O)O)cc2)C(=O)C1. The molecule has 0 bridgehead atoms. The number of carboxylic acid groups (broad SMARTS) is 1. The molecular formula is C10H8N2O6S. The summed E-state index contributed by atoms with van der Waals surface area (Å²) in [7, 11) is -4.31. The molecule has 0 unspecified atom stereocenters. The fourth-order valence-corrected chi connectivity index (χ4v) is 1.99. The van der Waals surface area contributed by atoms with Gasteiger partial charge < -0.3 is 5.11 Å². The highest BCUT2D eigenvalue weighted by atomic mass is 32.2. The van der Waals surface area contributed by atoms with Crippen molar-refractivity contribution in [2.45, 2.75) is 11.3 Å². The van der Waals surface area contributed by atoms with E-state index >= 15 is 0 Å². The molecule has 0 saturated carbocycles. The van der Waals surface area contributed by atoms with Crippen LogP contribution in [-0.4, -0.2) is 35.7 Å². The average molecular weight is 284 g/mol. The number of amides is 1. The number of hydrogen-bond acceptors (Lipinski definition) is 5. The lowest BCUT2D eigenvalue weighted by molar-refractivity contribution is -0.129. The third-order valence-corrected chi connectivity index (χ3v) is 3.27. The van der Waals surface area contributed by atoms with E-state index in [1.54, 1.807) is 0 Å². The highest BCUT2D eigenvalue weighted by Crippen LogP contribution is 2.22. The number of hydrogen-bond donors (Lipinski definition) is 2. The zero-order valence-electron chi connectivity index (χ0n) is 9.35. The molecule has 1 aromatic carbocycles. The molecule has 0 spiro atoms. The van der Waals surface area contributed by atoms with Crippen molar-refractivity contribution >= 4 is 33.4 Å². The zero-order valence-corrected chi connectivity index (χ0v) is 10.2. The highest BCUT2D eigenvalue weighted by molar-refractivity contribution is 7.85. The minimum absolute atomic E-state index is 0.216. The monoisotopic (exact) mass is 284 g/mol. The maximum Gasteiger partial charge on any atom is 0.352 e. The zero-order chi connectivity index (χ0) is 14.2. The Labute approximate surface area is 107 Å². The summed E-state index contributed by atoms with van der Waals surface area (Å²) in [5.74, 6) is -1.82. The molecule has 1 aliphatic rings. The smallest absolute Gasteiger partial charge is 0.352 e. The van der Waals surface area contributed by atoms with Crippen LogP contribution in [0.4, 0.5) is 5.69 Å². The summed E-state index contributed by atoms with van der Waals surface area (Å²) in [5.41, 5.74) is -0.0718. The fourth-order valence-electron chi connectivity index (χ4n) is 1.51. The van der Waals surface area contributed by atoms with Crippen LogP contribution >= 0.6 is 0 Å². The minimum Gasteiger partial charge on any atom is -0.477 e. The number of aliphatic carboxylic acids is 1. The first-order chi connectivity index (χ1) is 8.79. The van der Waals surface area contributed by atoms with Gasteiger partial charge in [0.25, 0.3) is 16.0 Å². The minimum atomic E-state index is -4.31. The second kappa shape index (κ2) is 4.44. The Bertz CT molecular complexity index is 676. The third kappa shape index (κ3) is 2.61. The van der Waals surface area contributed by atoms with E-state index < -0.39 is 22.0 Å². The highest BCUT2D eigenvalue weighted by Gasteiger charge is 2.29. The van der Waals surface area contributed by atoms with Crippen LogP contribution in [-0.2, 0) is 19.7 Å². The van der Waals surface area contributed by atoms with Crippen LogP contribution in [0.5, 0.6) is 0 Å². The van der Waals surface area contributed by atoms with E-state index in [9.17, 15) is 18.0 Å². The van der Waals surface area contributed by atoms with Gasteiger partial charge in [-0.15, -0.1) is 0 Å². The average Bonchev–Trinajstić information content (AvgIpc) is 2.70. The van der Waals surface area contributed by atoms with Crippen molar-refractivity contribution in [2.75, 3.05) is 5.01 Å². The Morgan fingerprint density at radius 1 is 1.26 bits per heavy atom. The first-order valence-corrected chi connectivity index (χ1v) is 6.44. The van der Waals surface area contributed by atoms with Gasteiger partial charge in [0.2, 0.25) is 0 Å².